The summed E-state index contributed by atoms with van der Waals surface area (Å²) in [6, 6.07) is 6.11. The molecule has 0 aliphatic carbocycles. The Morgan fingerprint density at radius 2 is 2.14 bits per heavy atom. The van der Waals surface area contributed by atoms with E-state index in [-0.39, 0.29) is 0 Å². The molecule has 21 heavy (non-hydrogen) atoms. The molecule has 1 aromatic heterocycles. The summed E-state index contributed by atoms with van der Waals surface area (Å²) in [5, 5.41) is 0. The molecule has 0 N–H and O–H groups in total. The van der Waals surface area contributed by atoms with Crippen LogP contribution in [0.15, 0.2) is 30.7 Å². The molecule has 2 aromatic rings. The molecule has 0 bridgehead atoms. The quantitative estimate of drug-likeness (QED) is 0.841. The van der Waals surface area contributed by atoms with Crippen LogP contribution in [0.2, 0.25) is 0 Å². The fourth-order valence-corrected chi connectivity index (χ4v) is 2.94. The van der Waals surface area contributed by atoms with Gasteiger partial charge in [-0.1, -0.05) is 12.1 Å². The summed E-state index contributed by atoms with van der Waals surface area (Å²) >= 11 is 0. The first kappa shape index (κ1) is 12.6. The summed E-state index contributed by atoms with van der Waals surface area (Å²) < 4.78 is 11.4. The van der Waals surface area contributed by atoms with Gasteiger partial charge < -0.3 is 9.47 Å². The molecular formula is C16H17N3O2. The van der Waals surface area contributed by atoms with E-state index in [0.717, 1.165) is 43.2 Å². The number of aromatic nitrogens is 2. The maximum absolute atomic E-state index is 5.79. The highest BCUT2D eigenvalue weighted by atomic mass is 16.6. The van der Waals surface area contributed by atoms with Gasteiger partial charge in [0.15, 0.2) is 11.5 Å². The Kier molecular flexibility index (Phi) is 3.20. The first-order chi connectivity index (χ1) is 10.4. The molecular weight excluding hydrogens is 266 g/mol. The van der Waals surface area contributed by atoms with E-state index in [1.165, 1.54) is 11.1 Å². The van der Waals surface area contributed by atoms with Gasteiger partial charge in [0.05, 0.1) is 5.69 Å². The SMILES string of the molecule is c1cc(CN2CCc3cncnc3C2)c2c(c1)OCCO2. The number of benzene rings is 1. The molecule has 0 fully saturated rings. The fraction of sp³-hybridized carbons (Fsp3) is 0.375. The van der Waals surface area contributed by atoms with Crippen molar-refractivity contribution in [3.8, 4) is 11.5 Å². The summed E-state index contributed by atoms with van der Waals surface area (Å²) in [5.41, 5.74) is 3.59. The van der Waals surface area contributed by atoms with E-state index in [9.17, 15) is 0 Å². The largest absolute Gasteiger partial charge is 0.486 e. The highest BCUT2D eigenvalue weighted by Gasteiger charge is 2.21. The second-order valence-corrected chi connectivity index (χ2v) is 5.40. The van der Waals surface area contributed by atoms with Crippen molar-refractivity contribution in [3.05, 3.63) is 47.5 Å². The van der Waals surface area contributed by atoms with Crippen LogP contribution in [0, 0.1) is 0 Å². The van der Waals surface area contributed by atoms with Crippen LogP contribution in [0.3, 0.4) is 0 Å². The Balaban J connectivity index is 1.55. The third-order valence-electron chi connectivity index (χ3n) is 3.99. The normalized spacial score (nSPS) is 17.3. The first-order valence-corrected chi connectivity index (χ1v) is 7.28. The molecule has 0 radical (unpaired) electrons. The molecule has 1 aromatic carbocycles. The maximum Gasteiger partial charge on any atom is 0.165 e. The lowest BCUT2D eigenvalue weighted by molar-refractivity contribution is 0.165. The van der Waals surface area contributed by atoms with Gasteiger partial charge in [-0.25, -0.2) is 9.97 Å². The molecule has 0 atom stereocenters. The van der Waals surface area contributed by atoms with Crippen LogP contribution >= 0.6 is 0 Å². The van der Waals surface area contributed by atoms with Gasteiger partial charge in [0.1, 0.15) is 19.5 Å². The topological polar surface area (TPSA) is 47.5 Å². The standard InChI is InChI=1S/C16H17N3O2/c1-2-13(16-15(3-1)20-6-7-21-16)9-19-5-4-12-8-17-11-18-14(12)10-19/h1-3,8,11H,4-7,9-10H2. The zero-order chi connectivity index (χ0) is 14.1. The van der Waals surface area contributed by atoms with E-state index >= 15 is 0 Å². The number of hydrogen-bond donors (Lipinski definition) is 0. The van der Waals surface area contributed by atoms with E-state index < -0.39 is 0 Å². The smallest absolute Gasteiger partial charge is 0.165 e. The average molecular weight is 283 g/mol. The molecule has 0 spiro atoms. The average Bonchev–Trinajstić information content (AvgIpc) is 2.55. The van der Waals surface area contributed by atoms with Crippen LogP contribution in [0.1, 0.15) is 16.8 Å². The van der Waals surface area contributed by atoms with Crippen molar-refractivity contribution in [2.75, 3.05) is 19.8 Å². The van der Waals surface area contributed by atoms with Gasteiger partial charge in [-0.15, -0.1) is 0 Å². The molecule has 108 valence electrons. The van der Waals surface area contributed by atoms with Crippen LogP contribution in [0.4, 0.5) is 0 Å². The molecule has 0 unspecified atom stereocenters. The van der Waals surface area contributed by atoms with Crippen molar-refractivity contribution in [3.63, 3.8) is 0 Å². The van der Waals surface area contributed by atoms with E-state index in [2.05, 4.69) is 20.9 Å². The van der Waals surface area contributed by atoms with Crippen LogP contribution < -0.4 is 9.47 Å². The number of fused-ring (bicyclic) bond motifs is 2. The van der Waals surface area contributed by atoms with Crippen molar-refractivity contribution in [2.45, 2.75) is 19.5 Å². The highest BCUT2D eigenvalue weighted by molar-refractivity contribution is 5.47. The predicted molar refractivity (Wildman–Crippen MR) is 77.3 cm³/mol. The monoisotopic (exact) mass is 283 g/mol. The molecule has 3 heterocycles. The summed E-state index contributed by atoms with van der Waals surface area (Å²) in [7, 11) is 0. The maximum atomic E-state index is 5.79. The zero-order valence-corrected chi connectivity index (χ0v) is 11.8. The van der Waals surface area contributed by atoms with Crippen molar-refractivity contribution in [1.29, 1.82) is 0 Å². The minimum Gasteiger partial charge on any atom is -0.486 e. The molecule has 0 amide bonds. The van der Waals surface area contributed by atoms with Crippen molar-refractivity contribution in [1.82, 2.24) is 14.9 Å². The van der Waals surface area contributed by atoms with Crippen LogP contribution in [-0.2, 0) is 19.5 Å². The predicted octanol–water partition coefficient (Wildman–Crippen LogP) is 1.81. The van der Waals surface area contributed by atoms with Gasteiger partial charge >= 0.3 is 0 Å². The Labute approximate surface area is 123 Å². The Hall–Kier alpha value is -2.14. The fourth-order valence-electron chi connectivity index (χ4n) is 2.94. The lowest BCUT2D eigenvalue weighted by atomic mass is 10.1. The Bertz CT molecular complexity index is 660. The Morgan fingerprint density at radius 1 is 1.19 bits per heavy atom. The number of nitrogens with zero attached hydrogens (tertiary/aromatic N) is 3. The molecule has 5 nitrogen and oxygen atoms in total. The lowest BCUT2D eigenvalue weighted by Crippen LogP contribution is -2.31. The van der Waals surface area contributed by atoms with Crippen molar-refractivity contribution < 1.29 is 9.47 Å². The van der Waals surface area contributed by atoms with Crippen LogP contribution in [0.5, 0.6) is 11.5 Å². The highest BCUT2D eigenvalue weighted by Crippen LogP contribution is 2.34. The van der Waals surface area contributed by atoms with Gasteiger partial charge in [0, 0.05) is 31.4 Å². The second-order valence-electron chi connectivity index (χ2n) is 5.40. The van der Waals surface area contributed by atoms with Crippen LogP contribution in [-0.4, -0.2) is 34.6 Å². The molecule has 0 saturated carbocycles. The third-order valence-corrected chi connectivity index (χ3v) is 3.99. The second kappa shape index (κ2) is 5.33. The summed E-state index contributed by atoms with van der Waals surface area (Å²) in [5.74, 6) is 1.76. The Morgan fingerprint density at radius 3 is 3.14 bits per heavy atom. The first-order valence-electron chi connectivity index (χ1n) is 7.28. The minimum atomic E-state index is 0.625. The summed E-state index contributed by atoms with van der Waals surface area (Å²) in [4.78, 5) is 10.9. The van der Waals surface area contributed by atoms with Gasteiger partial charge in [-0.3, -0.25) is 4.90 Å². The van der Waals surface area contributed by atoms with E-state index in [0.29, 0.717) is 13.2 Å². The van der Waals surface area contributed by atoms with Gasteiger partial charge in [-0.05, 0) is 18.1 Å². The van der Waals surface area contributed by atoms with E-state index in [4.69, 9.17) is 9.47 Å². The minimum absolute atomic E-state index is 0.625. The van der Waals surface area contributed by atoms with Gasteiger partial charge in [-0.2, -0.15) is 0 Å². The van der Waals surface area contributed by atoms with Crippen molar-refractivity contribution in [2.24, 2.45) is 0 Å². The van der Waals surface area contributed by atoms with Gasteiger partial charge in [0.25, 0.3) is 0 Å². The van der Waals surface area contributed by atoms with Crippen LogP contribution in [0.25, 0.3) is 0 Å². The molecule has 2 aliphatic rings. The summed E-state index contributed by atoms with van der Waals surface area (Å²) in [6.07, 6.45) is 4.56. The van der Waals surface area contributed by atoms with E-state index in [1.807, 2.05) is 18.3 Å². The van der Waals surface area contributed by atoms with Gasteiger partial charge in [0.2, 0.25) is 0 Å². The molecule has 4 rings (SSSR count). The summed E-state index contributed by atoms with van der Waals surface area (Å²) in [6.45, 7) is 3.99. The lowest BCUT2D eigenvalue weighted by Gasteiger charge is -2.29. The number of para-hydroxylation sites is 1. The molecule has 0 saturated heterocycles. The number of hydrogen-bond acceptors (Lipinski definition) is 5. The number of rotatable bonds is 2. The number of ether oxygens (including phenoxy) is 2. The van der Waals surface area contributed by atoms with E-state index in [1.54, 1.807) is 6.33 Å². The van der Waals surface area contributed by atoms with Crippen molar-refractivity contribution >= 4 is 0 Å². The molecule has 2 aliphatic heterocycles. The molecule has 5 heteroatoms. The third kappa shape index (κ3) is 2.45. The zero-order valence-electron chi connectivity index (χ0n) is 11.8.